The van der Waals surface area contributed by atoms with Gasteiger partial charge in [0.05, 0.1) is 0 Å². The van der Waals surface area contributed by atoms with Crippen LogP contribution in [0.2, 0.25) is 0 Å². The third kappa shape index (κ3) is 1.76. The second-order valence-electron chi connectivity index (χ2n) is 4.76. The molecule has 1 N–H and O–H groups in total. The van der Waals surface area contributed by atoms with Gasteiger partial charge in [0.2, 0.25) is 5.91 Å². The van der Waals surface area contributed by atoms with Crippen LogP contribution < -0.4 is 5.32 Å². The molecule has 17 heavy (non-hydrogen) atoms. The summed E-state index contributed by atoms with van der Waals surface area (Å²) in [7, 11) is 1.78. The predicted octanol–water partition coefficient (Wildman–Crippen LogP) is 1.81. The first-order valence-electron chi connectivity index (χ1n) is 5.78. The number of amides is 1. The molecule has 1 heterocycles. The Labute approximate surface area is 108 Å². The maximum absolute atomic E-state index is 12.5. The van der Waals surface area contributed by atoms with Gasteiger partial charge in [-0.15, -0.1) is 12.6 Å². The van der Waals surface area contributed by atoms with Gasteiger partial charge in [-0.3, -0.25) is 10.1 Å². The van der Waals surface area contributed by atoms with Gasteiger partial charge >= 0.3 is 0 Å². The number of hydrogen-bond donors (Lipinski definition) is 2. The number of likely N-dealkylation sites (N-methyl/N-ethyl adjacent to an activating group) is 1. The van der Waals surface area contributed by atoms with E-state index >= 15 is 0 Å². The second kappa shape index (κ2) is 4.35. The molecule has 1 fully saturated rings. The zero-order chi connectivity index (χ0) is 12.6. The van der Waals surface area contributed by atoms with Crippen molar-refractivity contribution in [3.05, 3.63) is 35.9 Å². The van der Waals surface area contributed by atoms with E-state index in [0.717, 1.165) is 5.56 Å². The van der Waals surface area contributed by atoms with E-state index in [2.05, 4.69) is 31.8 Å². The molecule has 1 amide bonds. The van der Waals surface area contributed by atoms with E-state index in [1.165, 1.54) is 0 Å². The van der Waals surface area contributed by atoms with E-state index in [4.69, 9.17) is 0 Å². The minimum atomic E-state index is -0.650. The average molecular weight is 250 g/mol. The predicted molar refractivity (Wildman–Crippen MR) is 71.6 cm³/mol. The number of nitrogens with one attached hydrogen (secondary N) is 1. The van der Waals surface area contributed by atoms with Crippen LogP contribution in [-0.4, -0.2) is 23.4 Å². The van der Waals surface area contributed by atoms with Gasteiger partial charge in [-0.2, -0.15) is 0 Å². The summed E-state index contributed by atoms with van der Waals surface area (Å²) in [6.45, 7) is 4.11. The molecule has 0 spiro atoms. The third-order valence-corrected chi connectivity index (χ3v) is 3.95. The van der Waals surface area contributed by atoms with Gasteiger partial charge in [-0.25, -0.2) is 0 Å². The molecule has 1 aliphatic heterocycles. The summed E-state index contributed by atoms with van der Waals surface area (Å²) in [5.41, 5.74) is 0.121. The van der Waals surface area contributed by atoms with Crippen LogP contribution in [0.1, 0.15) is 19.4 Å². The van der Waals surface area contributed by atoms with E-state index in [1.54, 1.807) is 11.9 Å². The van der Waals surface area contributed by atoms with Crippen LogP contribution >= 0.6 is 12.6 Å². The van der Waals surface area contributed by atoms with E-state index in [0.29, 0.717) is 0 Å². The largest absolute Gasteiger partial charge is 0.319 e. The molecule has 1 aromatic carbocycles. The summed E-state index contributed by atoms with van der Waals surface area (Å²) >= 11 is 4.40. The van der Waals surface area contributed by atoms with Gasteiger partial charge in [-0.05, 0) is 11.5 Å². The molecule has 2 atom stereocenters. The standard InChI is InChI=1S/C13H18N2OS/c1-9(2)13(10-7-5-4-6-8-10)11(16)15(3)12(17)14-13/h4-9,12,14,17H,1-3H3. The molecule has 1 saturated heterocycles. The fourth-order valence-corrected chi connectivity index (χ4v) is 2.71. The Morgan fingerprint density at radius 1 is 1.35 bits per heavy atom. The highest BCUT2D eigenvalue weighted by Crippen LogP contribution is 2.37. The van der Waals surface area contributed by atoms with Crippen molar-refractivity contribution in [1.82, 2.24) is 10.2 Å². The molecular weight excluding hydrogens is 232 g/mol. The van der Waals surface area contributed by atoms with E-state index in [-0.39, 0.29) is 17.3 Å². The highest BCUT2D eigenvalue weighted by Gasteiger charge is 2.51. The van der Waals surface area contributed by atoms with Crippen molar-refractivity contribution in [2.75, 3.05) is 7.05 Å². The summed E-state index contributed by atoms with van der Waals surface area (Å²) in [6, 6.07) is 9.86. The Morgan fingerprint density at radius 2 is 1.94 bits per heavy atom. The van der Waals surface area contributed by atoms with Crippen LogP contribution in [0.25, 0.3) is 0 Å². The van der Waals surface area contributed by atoms with Gasteiger partial charge in [0.15, 0.2) is 0 Å². The lowest BCUT2D eigenvalue weighted by molar-refractivity contribution is -0.133. The zero-order valence-electron chi connectivity index (χ0n) is 10.3. The van der Waals surface area contributed by atoms with Gasteiger partial charge in [0, 0.05) is 7.05 Å². The number of carbonyl (C=O) groups excluding carboxylic acids is 1. The normalized spacial score (nSPS) is 29.1. The topological polar surface area (TPSA) is 32.3 Å². The first-order chi connectivity index (χ1) is 8.00. The van der Waals surface area contributed by atoms with Crippen molar-refractivity contribution in [2.45, 2.75) is 24.9 Å². The Morgan fingerprint density at radius 3 is 2.35 bits per heavy atom. The number of hydrogen-bond acceptors (Lipinski definition) is 3. The Balaban J connectivity index is 2.53. The Hall–Kier alpha value is -1.00. The van der Waals surface area contributed by atoms with Crippen LogP contribution in [-0.2, 0) is 10.3 Å². The highest BCUT2D eigenvalue weighted by atomic mass is 32.1. The van der Waals surface area contributed by atoms with Crippen LogP contribution in [0.5, 0.6) is 0 Å². The van der Waals surface area contributed by atoms with Crippen LogP contribution in [0, 0.1) is 5.92 Å². The molecule has 1 aromatic rings. The molecule has 0 bridgehead atoms. The molecule has 2 rings (SSSR count). The maximum atomic E-state index is 12.5. The number of rotatable bonds is 2. The lowest BCUT2D eigenvalue weighted by atomic mass is 9.80. The highest BCUT2D eigenvalue weighted by molar-refractivity contribution is 7.80. The molecule has 0 radical (unpaired) electrons. The second-order valence-corrected chi connectivity index (χ2v) is 5.25. The van der Waals surface area contributed by atoms with E-state index in [1.807, 2.05) is 30.3 Å². The molecule has 92 valence electrons. The van der Waals surface area contributed by atoms with Crippen molar-refractivity contribution in [3.63, 3.8) is 0 Å². The number of nitrogens with zero attached hydrogens (tertiary/aromatic N) is 1. The van der Waals surface area contributed by atoms with Crippen molar-refractivity contribution < 1.29 is 4.79 Å². The quantitative estimate of drug-likeness (QED) is 0.785. The lowest BCUT2D eigenvalue weighted by Crippen LogP contribution is -2.48. The van der Waals surface area contributed by atoms with Crippen molar-refractivity contribution in [3.8, 4) is 0 Å². The molecule has 0 aliphatic carbocycles. The third-order valence-electron chi connectivity index (χ3n) is 3.48. The van der Waals surface area contributed by atoms with Gasteiger partial charge in [0.1, 0.15) is 11.0 Å². The van der Waals surface area contributed by atoms with E-state index < -0.39 is 5.54 Å². The Kier molecular flexibility index (Phi) is 3.19. The van der Waals surface area contributed by atoms with E-state index in [9.17, 15) is 4.79 Å². The molecular formula is C13H18N2OS. The minimum absolute atomic E-state index is 0.0821. The SMILES string of the molecule is CC(C)C1(c2ccccc2)NC(S)N(C)C1=O. The van der Waals surface area contributed by atoms with Crippen LogP contribution in [0.3, 0.4) is 0 Å². The molecule has 3 nitrogen and oxygen atoms in total. The molecule has 0 saturated carbocycles. The summed E-state index contributed by atoms with van der Waals surface area (Å²) < 4.78 is 0. The van der Waals surface area contributed by atoms with Crippen molar-refractivity contribution in [1.29, 1.82) is 0 Å². The smallest absolute Gasteiger partial charge is 0.249 e. The number of carbonyl (C=O) groups is 1. The van der Waals surface area contributed by atoms with Gasteiger partial charge in [-0.1, -0.05) is 44.2 Å². The van der Waals surface area contributed by atoms with Crippen molar-refractivity contribution >= 4 is 18.5 Å². The molecule has 4 heteroatoms. The minimum Gasteiger partial charge on any atom is -0.319 e. The monoisotopic (exact) mass is 250 g/mol. The fourth-order valence-electron chi connectivity index (χ4n) is 2.41. The van der Waals surface area contributed by atoms with Crippen LogP contribution in [0.4, 0.5) is 0 Å². The van der Waals surface area contributed by atoms with Crippen LogP contribution in [0.15, 0.2) is 30.3 Å². The van der Waals surface area contributed by atoms with Crippen molar-refractivity contribution in [2.24, 2.45) is 5.92 Å². The zero-order valence-corrected chi connectivity index (χ0v) is 11.2. The first kappa shape index (κ1) is 12.5. The van der Waals surface area contributed by atoms with Gasteiger partial charge in [0.25, 0.3) is 0 Å². The number of benzene rings is 1. The first-order valence-corrected chi connectivity index (χ1v) is 6.30. The summed E-state index contributed by atoms with van der Waals surface area (Å²) in [5, 5.41) is 3.32. The summed E-state index contributed by atoms with van der Waals surface area (Å²) in [4.78, 5) is 14.1. The fraction of sp³-hybridized carbons (Fsp3) is 0.462. The van der Waals surface area contributed by atoms with Gasteiger partial charge < -0.3 is 4.90 Å². The molecule has 0 aromatic heterocycles. The summed E-state index contributed by atoms with van der Waals surface area (Å²) in [5.74, 6) is 0.246. The maximum Gasteiger partial charge on any atom is 0.249 e. The molecule has 2 unspecified atom stereocenters. The molecule has 1 aliphatic rings. The number of thiol groups is 1. The average Bonchev–Trinajstić information content (AvgIpc) is 2.56. The Bertz CT molecular complexity index is 421. The summed E-state index contributed by atoms with van der Waals surface area (Å²) in [6.07, 6.45) is 0. The lowest BCUT2D eigenvalue weighted by Gasteiger charge is -2.31.